The highest BCUT2D eigenvalue weighted by Gasteiger charge is 2.25. The fraction of sp³-hybridized carbons (Fsp3) is 0.0500. The number of nitrogens with zero attached hydrogens (tertiary/aromatic N) is 1. The number of aromatic carboxylic acids is 1. The van der Waals surface area contributed by atoms with E-state index in [9.17, 15) is 19.1 Å². The van der Waals surface area contributed by atoms with Gasteiger partial charge in [-0.15, -0.1) is 11.3 Å². The molecule has 0 aliphatic heterocycles. The van der Waals surface area contributed by atoms with Crippen LogP contribution in [-0.2, 0) is 0 Å². The van der Waals surface area contributed by atoms with Gasteiger partial charge < -0.3 is 14.8 Å². The fourth-order valence-corrected chi connectivity index (χ4v) is 3.95. The number of carboxylic acids is 1. The number of oxazole rings is 1. The number of hydrogen-bond acceptors (Lipinski definition) is 5. The van der Waals surface area contributed by atoms with E-state index in [4.69, 9.17) is 16.0 Å². The third-order valence-electron chi connectivity index (χ3n) is 4.26. The highest BCUT2D eigenvalue weighted by Crippen LogP contribution is 2.38. The van der Waals surface area contributed by atoms with Gasteiger partial charge in [-0.05, 0) is 36.8 Å². The van der Waals surface area contributed by atoms with Gasteiger partial charge in [0, 0.05) is 21.5 Å². The van der Waals surface area contributed by atoms with Crippen molar-refractivity contribution >= 4 is 50.9 Å². The summed E-state index contributed by atoms with van der Waals surface area (Å²) < 4.78 is 19.8. The number of amides is 1. The number of benzene rings is 2. The molecule has 29 heavy (non-hydrogen) atoms. The van der Waals surface area contributed by atoms with E-state index in [1.165, 1.54) is 11.4 Å². The number of thiophene rings is 1. The molecule has 4 rings (SSSR count). The number of halogens is 2. The lowest BCUT2D eigenvalue weighted by atomic mass is 10.0. The summed E-state index contributed by atoms with van der Waals surface area (Å²) in [6.45, 7) is 1.69. The van der Waals surface area contributed by atoms with Crippen molar-refractivity contribution in [1.82, 2.24) is 4.98 Å². The Labute approximate surface area is 172 Å². The molecule has 2 heterocycles. The molecule has 2 aromatic carbocycles. The summed E-state index contributed by atoms with van der Waals surface area (Å²) in [7, 11) is 0. The van der Waals surface area contributed by atoms with Crippen LogP contribution in [0.5, 0.6) is 0 Å². The SMILES string of the molecule is Cc1cc(-c2csc(NC(=O)c3nc4ccccc4o3)c2C(=O)O)c(F)cc1Cl. The Balaban J connectivity index is 1.73. The van der Waals surface area contributed by atoms with Gasteiger partial charge in [-0.3, -0.25) is 4.79 Å². The van der Waals surface area contributed by atoms with Gasteiger partial charge in [-0.25, -0.2) is 14.2 Å². The highest BCUT2D eigenvalue weighted by molar-refractivity contribution is 7.15. The van der Waals surface area contributed by atoms with Gasteiger partial charge in [-0.2, -0.15) is 0 Å². The molecule has 2 N–H and O–H groups in total. The summed E-state index contributed by atoms with van der Waals surface area (Å²) in [6.07, 6.45) is 0. The van der Waals surface area contributed by atoms with E-state index in [-0.39, 0.29) is 32.6 Å². The lowest BCUT2D eigenvalue weighted by Crippen LogP contribution is -2.14. The van der Waals surface area contributed by atoms with Crippen molar-refractivity contribution in [1.29, 1.82) is 0 Å². The van der Waals surface area contributed by atoms with Crippen LogP contribution < -0.4 is 5.32 Å². The summed E-state index contributed by atoms with van der Waals surface area (Å²) in [5.41, 5.74) is 1.54. The molecule has 0 radical (unpaired) electrons. The molecule has 0 aliphatic rings. The summed E-state index contributed by atoms with van der Waals surface area (Å²) in [5.74, 6) is -2.87. The molecule has 0 fully saturated rings. The number of aryl methyl sites for hydroxylation is 1. The van der Waals surface area contributed by atoms with Crippen LogP contribution in [-0.4, -0.2) is 22.0 Å². The predicted molar refractivity (Wildman–Crippen MR) is 108 cm³/mol. The van der Waals surface area contributed by atoms with Crippen molar-refractivity contribution < 1.29 is 23.5 Å². The standard InChI is InChI=1S/C20H12ClFN2O4S/c1-9-6-10(13(22)7-12(9)21)11-8-29-19(16(11)20(26)27)24-17(25)18-23-14-4-2-3-5-15(14)28-18/h2-8H,1H3,(H,24,25)(H,26,27). The van der Waals surface area contributed by atoms with Gasteiger partial charge in [0.15, 0.2) is 5.58 Å². The van der Waals surface area contributed by atoms with Crippen molar-refractivity contribution in [3.63, 3.8) is 0 Å². The van der Waals surface area contributed by atoms with E-state index in [1.807, 2.05) is 0 Å². The first kappa shape index (κ1) is 19.1. The number of fused-ring (bicyclic) bond motifs is 1. The Morgan fingerprint density at radius 2 is 2.00 bits per heavy atom. The monoisotopic (exact) mass is 430 g/mol. The van der Waals surface area contributed by atoms with Crippen LogP contribution in [0.1, 0.15) is 26.6 Å². The molecule has 9 heteroatoms. The Bertz CT molecular complexity index is 1250. The van der Waals surface area contributed by atoms with Crippen LogP contribution in [0.4, 0.5) is 9.39 Å². The molecule has 0 aliphatic carbocycles. The zero-order chi connectivity index (χ0) is 20.7. The molecule has 0 bridgehead atoms. The van der Waals surface area contributed by atoms with E-state index < -0.39 is 17.7 Å². The zero-order valence-electron chi connectivity index (χ0n) is 14.8. The van der Waals surface area contributed by atoms with Crippen LogP contribution >= 0.6 is 22.9 Å². The van der Waals surface area contributed by atoms with Gasteiger partial charge in [-0.1, -0.05) is 23.7 Å². The molecule has 0 saturated heterocycles. The number of anilines is 1. The number of carboxylic acid groups (broad SMARTS) is 1. The van der Waals surface area contributed by atoms with Crippen LogP contribution in [0.25, 0.3) is 22.2 Å². The number of aromatic nitrogens is 1. The quantitative estimate of drug-likeness (QED) is 0.439. The largest absolute Gasteiger partial charge is 0.478 e. The maximum atomic E-state index is 14.4. The van der Waals surface area contributed by atoms with Gasteiger partial charge in [0.1, 0.15) is 21.9 Å². The smallest absolute Gasteiger partial charge is 0.339 e. The maximum Gasteiger partial charge on any atom is 0.339 e. The third kappa shape index (κ3) is 3.48. The van der Waals surface area contributed by atoms with Crippen molar-refractivity contribution in [3.05, 3.63) is 69.6 Å². The second-order valence-electron chi connectivity index (χ2n) is 6.18. The Morgan fingerprint density at radius 1 is 1.24 bits per heavy atom. The second-order valence-corrected chi connectivity index (χ2v) is 7.47. The van der Waals surface area contributed by atoms with Crippen molar-refractivity contribution in [2.45, 2.75) is 6.92 Å². The number of para-hydroxylation sites is 2. The molecular formula is C20H12ClFN2O4S. The van der Waals surface area contributed by atoms with Crippen molar-refractivity contribution in [2.24, 2.45) is 0 Å². The molecule has 0 unspecified atom stereocenters. The summed E-state index contributed by atoms with van der Waals surface area (Å²) in [6, 6.07) is 9.45. The summed E-state index contributed by atoms with van der Waals surface area (Å²) in [5, 5.41) is 13.9. The third-order valence-corrected chi connectivity index (χ3v) is 5.56. The lowest BCUT2D eigenvalue weighted by molar-refractivity contribution is 0.0699. The average molecular weight is 431 g/mol. The number of nitrogens with one attached hydrogen (secondary N) is 1. The van der Waals surface area contributed by atoms with Crippen LogP contribution in [0.2, 0.25) is 5.02 Å². The summed E-state index contributed by atoms with van der Waals surface area (Å²) in [4.78, 5) is 28.5. The van der Waals surface area contributed by atoms with Gasteiger partial charge in [0.2, 0.25) is 0 Å². The van der Waals surface area contributed by atoms with E-state index in [0.717, 1.165) is 17.4 Å². The number of rotatable bonds is 4. The molecule has 0 spiro atoms. The topological polar surface area (TPSA) is 92.4 Å². The fourth-order valence-electron chi connectivity index (χ4n) is 2.85. The second kappa shape index (κ2) is 7.31. The summed E-state index contributed by atoms with van der Waals surface area (Å²) >= 11 is 6.89. The van der Waals surface area contributed by atoms with E-state index in [0.29, 0.717) is 16.7 Å². The van der Waals surface area contributed by atoms with Gasteiger partial charge in [0.25, 0.3) is 5.89 Å². The molecule has 2 aromatic heterocycles. The lowest BCUT2D eigenvalue weighted by Gasteiger charge is -2.07. The van der Waals surface area contributed by atoms with Gasteiger partial charge in [0.05, 0.1) is 0 Å². The minimum atomic E-state index is -1.30. The van der Waals surface area contributed by atoms with Crippen LogP contribution in [0.3, 0.4) is 0 Å². The highest BCUT2D eigenvalue weighted by atomic mass is 35.5. The predicted octanol–water partition coefficient (Wildman–Crippen LogP) is 5.61. The van der Waals surface area contributed by atoms with Crippen molar-refractivity contribution in [3.8, 4) is 11.1 Å². The van der Waals surface area contributed by atoms with Crippen LogP contribution in [0, 0.1) is 12.7 Å². The van der Waals surface area contributed by atoms with Crippen molar-refractivity contribution in [2.75, 3.05) is 5.32 Å². The first-order chi connectivity index (χ1) is 13.8. The molecule has 0 atom stereocenters. The average Bonchev–Trinajstić information content (AvgIpc) is 3.28. The molecule has 4 aromatic rings. The molecule has 0 saturated carbocycles. The molecule has 146 valence electrons. The number of carbonyl (C=O) groups excluding carboxylic acids is 1. The van der Waals surface area contributed by atoms with E-state index in [2.05, 4.69) is 10.3 Å². The molecule has 6 nitrogen and oxygen atoms in total. The zero-order valence-corrected chi connectivity index (χ0v) is 16.4. The normalized spacial score (nSPS) is 11.0. The number of hydrogen-bond donors (Lipinski definition) is 2. The van der Waals surface area contributed by atoms with Gasteiger partial charge >= 0.3 is 11.9 Å². The Morgan fingerprint density at radius 3 is 2.72 bits per heavy atom. The number of carbonyl (C=O) groups is 2. The first-order valence-corrected chi connectivity index (χ1v) is 9.58. The maximum absolute atomic E-state index is 14.4. The van der Waals surface area contributed by atoms with E-state index in [1.54, 1.807) is 31.2 Å². The minimum absolute atomic E-state index is 0.0479. The Kier molecular flexibility index (Phi) is 4.81. The Hall–Kier alpha value is -3.23. The van der Waals surface area contributed by atoms with Crippen LogP contribution in [0.15, 0.2) is 46.2 Å². The van der Waals surface area contributed by atoms with E-state index >= 15 is 0 Å². The molecule has 1 amide bonds. The molecular weight excluding hydrogens is 419 g/mol. The minimum Gasteiger partial charge on any atom is -0.478 e. The first-order valence-electron chi connectivity index (χ1n) is 8.33.